The summed E-state index contributed by atoms with van der Waals surface area (Å²) in [5, 5.41) is 2.97. The second kappa shape index (κ2) is 12.6. The first-order chi connectivity index (χ1) is 15.7. The van der Waals surface area contributed by atoms with Crippen LogP contribution in [0.3, 0.4) is 0 Å². The van der Waals surface area contributed by atoms with Gasteiger partial charge in [0.25, 0.3) is 5.91 Å². The van der Waals surface area contributed by atoms with Gasteiger partial charge in [0.2, 0.25) is 5.91 Å². The lowest BCUT2D eigenvalue weighted by Gasteiger charge is -2.29. The van der Waals surface area contributed by atoms with Crippen LogP contribution in [0.25, 0.3) is 0 Å². The number of benzene rings is 2. The molecule has 0 spiro atoms. The van der Waals surface area contributed by atoms with E-state index in [1.807, 2.05) is 56.3 Å². The van der Waals surface area contributed by atoms with Gasteiger partial charge in [-0.2, -0.15) is 0 Å². The Bertz CT molecular complexity index is 948. The molecule has 0 radical (unpaired) electrons. The van der Waals surface area contributed by atoms with E-state index in [9.17, 15) is 9.59 Å². The fraction of sp³-hybridized carbons (Fsp3) is 0.462. The molecule has 2 rings (SSSR count). The highest BCUT2D eigenvalue weighted by Gasteiger charge is 2.27. The number of hydrogen-bond donors (Lipinski definition) is 1. The van der Waals surface area contributed by atoms with Crippen molar-refractivity contribution in [3.63, 3.8) is 0 Å². The Labute approximate surface area is 205 Å². The standard InChI is InChI=1S/C26H35BrN2O4/c1-7-18(4)28-26(31)19(5)29(15-20-9-8-10-22(13-20)32-6)25(30)16-33-24-12-11-21(17(2)3)14-23(24)27/h8-14,17-19H,7,15-16H2,1-6H3,(H,28,31)/t18-,19+/m1/s1. The average Bonchev–Trinajstić information content (AvgIpc) is 2.80. The monoisotopic (exact) mass is 518 g/mol. The topological polar surface area (TPSA) is 67.9 Å². The minimum absolute atomic E-state index is 0.0281. The molecule has 0 saturated heterocycles. The minimum Gasteiger partial charge on any atom is -0.497 e. The van der Waals surface area contributed by atoms with Crippen molar-refractivity contribution in [2.24, 2.45) is 0 Å². The van der Waals surface area contributed by atoms with Crippen LogP contribution in [0, 0.1) is 0 Å². The SMILES string of the molecule is CC[C@@H](C)NC(=O)[C@H](C)N(Cc1cccc(OC)c1)C(=O)COc1ccc(C(C)C)cc1Br. The van der Waals surface area contributed by atoms with Crippen molar-refractivity contribution >= 4 is 27.7 Å². The van der Waals surface area contributed by atoms with Crippen molar-refractivity contribution in [1.82, 2.24) is 10.2 Å². The van der Waals surface area contributed by atoms with Gasteiger partial charge >= 0.3 is 0 Å². The van der Waals surface area contributed by atoms with Crippen molar-refractivity contribution in [2.75, 3.05) is 13.7 Å². The first kappa shape index (κ1) is 26.7. The van der Waals surface area contributed by atoms with Gasteiger partial charge in [0, 0.05) is 12.6 Å². The highest BCUT2D eigenvalue weighted by Crippen LogP contribution is 2.29. The zero-order valence-corrected chi connectivity index (χ0v) is 21.9. The summed E-state index contributed by atoms with van der Waals surface area (Å²) in [5.41, 5.74) is 2.05. The zero-order chi connectivity index (χ0) is 24.5. The predicted molar refractivity (Wildman–Crippen MR) is 135 cm³/mol. The molecule has 6 nitrogen and oxygen atoms in total. The highest BCUT2D eigenvalue weighted by molar-refractivity contribution is 9.10. The Hall–Kier alpha value is -2.54. The number of hydrogen-bond acceptors (Lipinski definition) is 4. The lowest BCUT2D eigenvalue weighted by molar-refractivity contribution is -0.142. The summed E-state index contributed by atoms with van der Waals surface area (Å²) in [7, 11) is 1.60. The molecule has 2 aromatic carbocycles. The van der Waals surface area contributed by atoms with E-state index in [0.717, 1.165) is 16.5 Å². The molecule has 1 N–H and O–H groups in total. The van der Waals surface area contributed by atoms with Crippen LogP contribution in [-0.4, -0.2) is 42.5 Å². The minimum atomic E-state index is -0.659. The molecule has 33 heavy (non-hydrogen) atoms. The number of ether oxygens (including phenoxy) is 2. The van der Waals surface area contributed by atoms with E-state index in [1.165, 1.54) is 5.56 Å². The van der Waals surface area contributed by atoms with Crippen LogP contribution in [0.15, 0.2) is 46.9 Å². The Kier molecular flexibility index (Phi) is 10.2. The van der Waals surface area contributed by atoms with Gasteiger partial charge in [-0.15, -0.1) is 0 Å². The summed E-state index contributed by atoms with van der Waals surface area (Å²) >= 11 is 3.53. The Balaban J connectivity index is 2.20. The van der Waals surface area contributed by atoms with Gasteiger partial charge in [0.15, 0.2) is 6.61 Å². The molecule has 0 unspecified atom stereocenters. The quantitative estimate of drug-likeness (QED) is 0.438. The van der Waals surface area contributed by atoms with Crippen LogP contribution in [0.5, 0.6) is 11.5 Å². The van der Waals surface area contributed by atoms with E-state index in [-0.39, 0.29) is 31.0 Å². The largest absolute Gasteiger partial charge is 0.497 e. The predicted octanol–water partition coefficient (Wildman–Crippen LogP) is 5.29. The molecular weight excluding hydrogens is 484 g/mol. The molecule has 0 aromatic heterocycles. The lowest BCUT2D eigenvalue weighted by Crippen LogP contribution is -2.50. The molecule has 0 aliphatic rings. The Morgan fingerprint density at radius 1 is 1.09 bits per heavy atom. The zero-order valence-electron chi connectivity index (χ0n) is 20.4. The van der Waals surface area contributed by atoms with Gasteiger partial charge in [0.1, 0.15) is 17.5 Å². The molecule has 0 heterocycles. The summed E-state index contributed by atoms with van der Waals surface area (Å²) in [6, 6.07) is 12.7. The van der Waals surface area contributed by atoms with Crippen LogP contribution < -0.4 is 14.8 Å². The highest BCUT2D eigenvalue weighted by atomic mass is 79.9. The summed E-state index contributed by atoms with van der Waals surface area (Å²) in [6.45, 7) is 10.0. The number of methoxy groups -OCH3 is 1. The van der Waals surface area contributed by atoms with Gasteiger partial charge < -0.3 is 19.7 Å². The maximum atomic E-state index is 13.2. The van der Waals surface area contributed by atoms with Gasteiger partial charge in [-0.25, -0.2) is 0 Å². The summed E-state index contributed by atoms with van der Waals surface area (Å²) < 4.78 is 11.9. The van der Waals surface area contributed by atoms with E-state index >= 15 is 0 Å². The van der Waals surface area contributed by atoms with E-state index in [4.69, 9.17) is 9.47 Å². The summed E-state index contributed by atoms with van der Waals surface area (Å²) in [5.74, 6) is 1.21. The molecule has 0 aliphatic heterocycles. The van der Waals surface area contributed by atoms with Crippen LogP contribution in [0.1, 0.15) is 58.1 Å². The first-order valence-electron chi connectivity index (χ1n) is 11.3. The molecule has 0 fully saturated rings. The second-order valence-electron chi connectivity index (χ2n) is 8.50. The van der Waals surface area contributed by atoms with Gasteiger partial charge in [-0.05, 0) is 77.5 Å². The Morgan fingerprint density at radius 3 is 2.42 bits per heavy atom. The number of amides is 2. The third-order valence-corrected chi connectivity index (χ3v) is 6.25. The molecule has 2 atom stereocenters. The molecule has 180 valence electrons. The maximum absolute atomic E-state index is 13.2. The fourth-order valence-electron chi connectivity index (χ4n) is 3.23. The third-order valence-electron chi connectivity index (χ3n) is 5.63. The molecule has 7 heteroatoms. The molecule has 0 aliphatic carbocycles. The molecule has 0 saturated carbocycles. The van der Waals surface area contributed by atoms with E-state index in [0.29, 0.717) is 17.4 Å². The van der Waals surface area contributed by atoms with E-state index in [1.54, 1.807) is 18.9 Å². The second-order valence-corrected chi connectivity index (χ2v) is 9.35. The number of rotatable bonds is 11. The van der Waals surface area contributed by atoms with Crippen molar-refractivity contribution in [3.05, 3.63) is 58.1 Å². The van der Waals surface area contributed by atoms with Crippen LogP contribution in [-0.2, 0) is 16.1 Å². The van der Waals surface area contributed by atoms with Crippen LogP contribution in [0.4, 0.5) is 0 Å². The van der Waals surface area contributed by atoms with Crippen LogP contribution in [0.2, 0.25) is 0 Å². The van der Waals surface area contributed by atoms with Gasteiger partial charge in [-0.3, -0.25) is 9.59 Å². The van der Waals surface area contributed by atoms with E-state index in [2.05, 4.69) is 35.1 Å². The smallest absolute Gasteiger partial charge is 0.261 e. The van der Waals surface area contributed by atoms with Gasteiger partial charge in [0.05, 0.1) is 11.6 Å². The maximum Gasteiger partial charge on any atom is 0.261 e. The number of carbonyl (C=O) groups excluding carboxylic acids is 2. The van der Waals surface area contributed by atoms with E-state index < -0.39 is 6.04 Å². The number of carbonyl (C=O) groups is 2. The van der Waals surface area contributed by atoms with Gasteiger partial charge in [-0.1, -0.05) is 39.0 Å². The Morgan fingerprint density at radius 2 is 1.82 bits per heavy atom. The van der Waals surface area contributed by atoms with Crippen molar-refractivity contribution in [1.29, 1.82) is 0 Å². The summed E-state index contributed by atoms with van der Waals surface area (Å²) in [6.07, 6.45) is 0.811. The van der Waals surface area contributed by atoms with Crippen molar-refractivity contribution < 1.29 is 19.1 Å². The van der Waals surface area contributed by atoms with Crippen molar-refractivity contribution in [2.45, 2.75) is 65.6 Å². The fourth-order valence-corrected chi connectivity index (χ4v) is 3.74. The molecular formula is C26H35BrN2O4. The van der Waals surface area contributed by atoms with Crippen LogP contribution >= 0.6 is 15.9 Å². The molecule has 0 bridgehead atoms. The first-order valence-corrected chi connectivity index (χ1v) is 12.1. The molecule has 2 aromatic rings. The van der Waals surface area contributed by atoms with Crippen molar-refractivity contribution in [3.8, 4) is 11.5 Å². The average molecular weight is 519 g/mol. The number of halogens is 1. The normalized spacial score (nSPS) is 12.7. The molecule has 2 amide bonds. The summed E-state index contributed by atoms with van der Waals surface area (Å²) in [4.78, 5) is 27.6. The lowest BCUT2D eigenvalue weighted by atomic mass is 10.0. The number of nitrogens with one attached hydrogen (secondary N) is 1. The third kappa shape index (κ3) is 7.77. The number of nitrogens with zero attached hydrogens (tertiary/aromatic N) is 1.